The second-order valence-corrected chi connectivity index (χ2v) is 6.06. The minimum absolute atomic E-state index is 0.332. The Balaban J connectivity index is 2.17. The van der Waals surface area contributed by atoms with Crippen LogP contribution in [0, 0.1) is 6.92 Å². The molecule has 2 aromatic rings. The summed E-state index contributed by atoms with van der Waals surface area (Å²) in [5.41, 5.74) is 5.58. The van der Waals surface area contributed by atoms with E-state index >= 15 is 0 Å². The molecule has 6 heteroatoms. The number of rotatable bonds is 8. The summed E-state index contributed by atoms with van der Waals surface area (Å²) in [6, 6.07) is 10.9. The molecular weight excluding hydrogens is 344 g/mol. The highest BCUT2D eigenvalue weighted by Gasteiger charge is 2.12. The summed E-state index contributed by atoms with van der Waals surface area (Å²) in [6.07, 6.45) is 0.891. The van der Waals surface area contributed by atoms with Crippen LogP contribution in [0.4, 0.5) is 0 Å². The molecule has 0 saturated heterocycles. The number of aryl methyl sites for hydroxylation is 1. The van der Waals surface area contributed by atoms with Gasteiger partial charge in [0.15, 0.2) is 11.5 Å². The molecule has 6 nitrogen and oxygen atoms in total. The summed E-state index contributed by atoms with van der Waals surface area (Å²) in [5, 5.41) is 4.21. The highest BCUT2D eigenvalue weighted by molar-refractivity contribution is 6.03. The first kappa shape index (κ1) is 20.3. The molecule has 0 atom stereocenters. The molecule has 0 aliphatic heterocycles. The second-order valence-electron chi connectivity index (χ2n) is 6.06. The largest absolute Gasteiger partial charge is 0.496 e. The maximum absolute atomic E-state index is 12.4. The molecule has 0 bridgehead atoms. The zero-order valence-corrected chi connectivity index (χ0v) is 16.5. The van der Waals surface area contributed by atoms with Crippen molar-refractivity contribution in [2.75, 3.05) is 20.8 Å². The van der Waals surface area contributed by atoms with Crippen LogP contribution in [-0.4, -0.2) is 32.4 Å². The zero-order chi connectivity index (χ0) is 19.8. The average molecular weight is 370 g/mol. The first-order chi connectivity index (χ1) is 13.0. The van der Waals surface area contributed by atoms with Gasteiger partial charge in [0.25, 0.3) is 5.91 Å². The van der Waals surface area contributed by atoms with Crippen molar-refractivity contribution in [2.45, 2.75) is 27.2 Å². The van der Waals surface area contributed by atoms with E-state index in [0.29, 0.717) is 35.1 Å². The van der Waals surface area contributed by atoms with Crippen molar-refractivity contribution in [3.8, 4) is 17.2 Å². The van der Waals surface area contributed by atoms with Gasteiger partial charge in [0.1, 0.15) is 5.75 Å². The van der Waals surface area contributed by atoms with Gasteiger partial charge in [-0.3, -0.25) is 4.79 Å². The maximum Gasteiger partial charge on any atom is 0.271 e. The summed E-state index contributed by atoms with van der Waals surface area (Å²) in [6.45, 7) is 6.42. The van der Waals surface area contributed by atoms with E-state index in [1.807, 2.05) is 39.0 Å². The molecule has 0 unspecified atom stereocenters. The summed E-state index contributed by atoms with van der Waals surface area (Å²) in [7, 11) is 3.15. The standard InChI is InChI=1S/C21H26N2O4/c1-6-11-27-19-10-8-16(13-20(19)26-5)21(24)23-22-15(3)17-12-14(2)7-9-18(17)25-4/h7-10,12-13H,6,11H2,1-5H3,(H,23,24)/b22-15-. The number of nitrogens with zero attached hydrogens (tertiary/aromatic N) is 1. The van der Waals surface area contributed by atoms with Gasteiger partial charge < -0.3 is 14.2 Å². The van der Waals surface area contributed by atoms with Gasteiger partial charge in [0.2, 0.25) is 0 Å². The topological polar surface area (TPSA) is 69.2 Å². The number of benzene rings is 2. The Morgan fingerprint density at radius 3 is 2.41 bits per heavy atom. The van der Waals surface area contributed by atoms with Crippen LogP contribution in [0.1, 0.15) is 41.8 Å². The minimum atomic E-state index is -0.332. The molecule has 0 heterocycles. The molecule has 0 saturated carbocycles. The number of ether oxygens (including phenoxy) is 3. The fourth-order valence-electron chi connectivity index (χ4n) is 2.50. The van der Waals surface area contributed by atoms with Crippen molar-refractivity contribution < 1.29 is 19.0 Å². The fraction of sp³-hybridized carbons (Fsp3) is 0.333. The van der Waals surface area contributed by atoms with Gasteiger partial charge in [-0.1, -0.05) is 18.6 Å². The Morgan fingerprint density at radius 2 is 1.74 bits per heavy atom. The monoisotopic (exact) mass is 370 g/mol. The van der Waals surface area contributed by atoms with Crippen molar-refractivity contribution in [3.63, 3.8) is 0 Å². The number of methoxy groups -OCH3 is 2. The van der Waals surface area contributed by atoms with Gasteiger partial charge in [-0.15, -0.1) is 0 Å². The molecule has 144 valence electrons. The van der Waals surface area contributed by atoms with Crippen LogP contribution < -0.4 is 19.6 Å². The molecule has 0 aliphatic carbocycles. The molecule has 27 heavy (non-hydrogen) atoms. The highest BCUT2D eigenvalue weighted by Crippen LogP contribution is 2.28. The first-order valence-electron chi connectivity index (χ1n) is 8.80. The van der Waals surface area contributed by atoms with Crippen LogP contribution in [0.15, 0.2) is 41.5 Å². The van der Waals surface area contributed by atoms with Crippen molar-refractivity contribution in [1.29, 1.82) is 0 Å². The number of hydrazone groups is 1. The quantitative estimate of drug-likeness (QED) is 0.564. The Kier molecular flexibility index (Phi) is 7.23. The molecule has 0 fully saturated rings. The molecule has 1 N–H and O–H groups in total. The molecule has 2 aromatic carbocycles. The zero-order valence-electron chi connectivity index (χ0n) is 16.5. The van der Waals surface area contributed by atoms with Crippen molar-refractivity contribution in [2.24, 2.45) is 5.10 Å². The minimum Gasteiger partial charge on any atom is -0.496 e. The maximum atomic E-state index is 12.4. The van der Waals surface area contributed by atoms with Gasteiger partial charge in [0, 0.05) is 11.1 Å². The third-order valence-corrected chi connectivity index (χ3v) is 3.96. The van der Waals surface area contributed by atoms with Gasteiger partial charge in [-0.25, -0.2) is 5.43 Å². The Labute approximate surface area is 160 Å². The number of amides is 1. The van der Waals surface area contributed by atoms with E-state index in [-0.39, 0.29) is 5.91 Å². The number of hydrogen-bond acceptors (Lipinski definition) is 5. The second kappa shape index (κ2) is 9.62. The summed E-state index contributed by atoms with van der Waals surface area (Å²) >= 11 is 0. The van der Waals surface area contributed by atoms with Gasteiger partial charge >= 0.3 is 0 Å². The molecular formula is C21H26N2O4. The fourth-order valence-corrected chi connectivity index (χ4v) is 2.50. The van der Waals surface area contributed by atoms with Crippen molar-refractivity contribution in [1.82, 2.24) is 5.43 Å². The Morgan fingerprint density at radius 1 is 1.04 bits per heavy atom. The summed E-state index contributed by atoms with van der Waals surface area (Å²) in [5.74, 6) is 1.49. The third kappa shape index (κ3) is 5.23. The summed E-state index contributed by atoms with van der Waals surface area (Å²) in [4.78, 5) is 12.4. The molecule has 2 rings (SSSR count). The molecule has 0 aromatic heterocycles. The smallest absolute Gasteiger partial charge is 0.271 e. The Bertz CT molecular complexity index is 831. The number of carbonyl (C=O) groups is 1. The van der Waals surface area contributed by atoms with Crippen molar-refractivity contribution >= 4 is 11.6 Å². The van der Waals surface area contributed by atoms with Crippen molar-refractivity contribution in [3.05, 3.63) is 53.1 Å². The van der Waals surface area contributed by atoms with Crippen LogP contribution in [0.5, 0.6) is 17.2 Å². The predicted octanol–water partition coefficient (Wildman–Crippen LogP) is 3.96. The van der Waals surface area contributed by atoms with E-state index in [9.17, 15) is 4.79 Å². The van der Waals surface area contributed by atoms with E-state index in [1.54, 1.807) is 32.4 Å². The lowest BCUT2D eigenvalue weighted by Gasteiger charge is -2.11. The lowest BCUT2D eigenvalue weighted by atomic mass is 10.1. The van der Waals surface area contributed by atoms with Crippen LogP contribution in [0.25, 0.3) is 0 Å². The molecule has 0 radical (unpaired) electrons. The van der Waals surface area contributed by atoms with E-state index in [1.165, 1.54) is 0 Å². The third-order valence-electron chi connectivity index (χ3n) is 3.96. The van der Waals surface area contributed by atoms with Gasteiger partial charge in [-0.2, -0.15) is 5.10 Å². The lowest BCUT2D eigenvalue weighted by molar-refractivity contribution is 0.0954. The van der Waals surface area contributed by atoms with E-state index < -0.39 is 0 Å². The van der Waals surface area contributed by atoms with Crippen LogP contribution >= 0.6 is 0 Å². The van der Waals surface area contributed by atoms with Gasteiger partial charge in [-0.05, 0) is 50.6 Å². The van der Waals surface area contributed by atoms with E-state index in [0.717, 1.165) is 17.5 Å². The molecule has 0 aliphatic rings. The van der Waals surface area contributed by atoms with E-state index in [2.05, 4.69) is 10.5 Å². The summed E-state index contributed by atoms with van der Waals surface area (Å²) < 4.78 is 16.3. The van der Waals surface area contributed by atoms with Gasteiger partial charge in [0.05, 0.1) is 26.5 Å². The first-order valence-corrected chi connectivity index (χ1v) is 8.80. The number of nitrogens with one attached hydrogen (secondary N) is 1. The van der Waals surface area contributed by atoms with Crippen LogP contribution in [-0.2, 0) is 0 Å². The van der Waals surface area contributed by atoms with Crippen LogP contribution in [0.3, 0.4) is 0 Å². The SMILES string of the molecule is CCCOc1ccc(C(=O)N/N=C(/C)c2cc(C)ccc2OC)cc1OC. The molecule has 0 spiro atoms. The number of hydrogen-bond donors (Lipinski definition) is 1. The molecule has 1 amide bonds. The Hall–Kier alpha value is -3.02. The van der Waals surface area contributed by atoms with E-state index in [4.69, 9.17) is 14.2 Å². The van der Waals surface area contributed by atoms with Crippen LogP contribution in [0.2, 0.25) is 0 Å². The lowest BCUT2D eigenvalue weighted by Crippen LogP contribution is -2.19. The normalized spacial score (nSPS) is 11.1. The predicted molar refractivity (Wildman–Crippen MR) is 106 cm³/mol. The number of carbonyl (C=O) groups excluding carboxylic acids is 1. The highest BCUT2D eigenvalue weighted by atomic mass is 16.5. The average Bonchev–Trinajstić information content (AvgIpc) is 2.69.